The first kappa shape index (κ1) is 11.5. The number of anilines is 1. The van der Waals surface area contributed by atoms with E-state index in [1.807, 2.05) is 0 Å². The molecule has 1 saturated carbocycles. The second-order valence-electron chi connectivity index (χ2n) is 4.56. The molecule has 0 aromatic heterocycles. The van der Waals surface area contributed by atoms with Gasteiger partial charge in [-0.05, 0) is 37.8 Å². The van der Waals surface area contributed by atoms with E-state index in [0.717, 1.165) is 12.8 Å². The van der Waals surface area contributed by atoms with Gasteiger partial charge in [-0.3, -0.25) is 0 Å². The Kier molecular flexibility index (Phi) is 2.76. The summed E-state index contributed by atoms with van der Waals surface area (Å²) in [4.78, 5) is 11.4. The van der Waals surface area contributed by atoms with E-state index in [2.05, 4.69) is 11.4 Å². The lowest BCUT2D eigenvalue weighted by molar-refractivity contribution is -0.142. The molecule has 4 heteroatoms. The number of aliphatic carboxylic acids is 1. The molecule has 4 nitrogen and oxygen atoms in total. The van der Waals surface area contributed by atoms with Gasteiger partial charge in [-0.2, -0.15) is 5.26 Å². The molecule has 88 valence electrons. The third-order valence-electron chi connectivity index (χ3n) is 3.28. The van der Waals surface area contributed by atoms with Crippen LogP contribution >= 0.6 is 0 Å². The van der Waals surface area contributed by atoms with Crippen molar-refractivity contribution in [2.75, 3.05) is 5.32 Å². The van der Waals surface area contributed by atoms with Crippen molar-refractivity contribution in [3.8, 4) is 6.07 Å². The van der Waals surface area contributed by atoms with Gasteiger partial charge in [0.05, 0.1) is 11.3 Å². The highest BCUT2D eigenvalue weighted by Gasteiger charge is 2.47. The zero-order chi connectivity index (χ0) is 12.5. The van der Waals surface area contributed by atoms with Gasteiger partial charge in [-0.25, -0.2) is 4.79 Å². The highest BCUT2D eigenvalue weighted by Crippen LogP contribution is 2.41. The average molecular weight is 230 g/mol. The van der Waals surface area contributed by atoms with Crippen LogP contribution in [0.15, 0.2) is 24.3 Å². The van der Waals surface area contributed by atoms with Crippen molar-refractivity contribution < 1.29 is 9.90 Å². The van der Waals surface area contributed by atoms with Crippen LogP contribution in [-0.4, -0.2) is 16.6 Å². The maximum atomic E-state index is 11.4. The molecule has 1 atom stereocenters. The monoisotopic (exact) mass is 230 g/mol. The van der Waals surface area contributed by atoms with Crippen LogP contribution in [0.1, 0.15) is 25.3 Å². The topological polar surface area (TPSA) is 73.1 Å². The molecule has 1 aliphatic carbocycles. The van der Waals surface area contributed by atoms with Gasteiger partial charge in [0.1, 0.15) is 11.6 Å². The summed E-state index contributed by atoms with van der Waals surface area (Å²) in [6, 6.07) is 9.03. The number of para-hydroxylation sites is 1. The third kappa shape index (κ3) is 2.09. The smallest absolute Gasteiger partial charge is 0.329 e. The van der Waals surface area contributed by atoms with Crippen LogP contribution in [0.4, 0.5) is 5.69 Å². The average Bonchev–Trinajstić information content (AvgIpc) is 3.13. The summed E-state index contributed by atoms with van der Waals surface area (Å²) in [7, 11) is 0. The Morgan fingerprint density at radius 1 is 1.53 bits per heavy atom. The Labute approximate surface area is 99.9 Å². The second kappa shape index (κ2) is 4.10. The summed E-state index contributed by atoms with van der Waals surface area (Å²) in [5, 5.41) is 21.3. The minimum absolute atomic E-state index is 0.145. The Morgan fingerprint density at radius 3 is 2.71 bits per heavy atom. The molecule has 2 rings (SSSR count). The minimum Gasteiger partial charge on any atom is -0.480 e. The van der Waals surface area contributed by atoms with E-state index in [9.17, 15) is 9.90 Å². The van der Waals surface area contributed by atoms with Crippen molar-refractivity contribution in [2.45, 2.75) is 25.3 Å². The van der Waals surface area contributed by atoms with E-state index in [-0.39, 0.29) is 5.92 Å². The van der Waals surface area contributed by atoms with Gasteiger partial charge >= 0.3 is 5.97 Å². The zero-order valence-electron chi connectivity index (χ0n) is 9.60. The molecule has 1 aromatic rings. The van der Waals surface area contributed by atoms with Gasteiger partial charge in [-0.15, -0.1) is 0 Å². The molecule has 2 N–H and O–H groups in total. The highest BCUT2D eigenvalue weighted by molar-refractivity contribution is 5.84. The first-order chi connectivity index (χ1) is 8.08. The molecule has 1 fully saturated rings. The molecule has 1 unspecified atom stereocenters. The van der Waals surface area contributed by atoms with Crippen LogP contribution in [-0.2, 0) is 4.79 Å². The van der Waals surface area contributed by atoms with Gasteiger partial charge in [0.25, 0.3) is 0 Å². The summed E-state index contributed by atoms with van der Waals surface area (Å²) in [5.41, 5.74) is 0.0832. The molecule has 0 amide bonds. The first-order valence-corrected chi connectivity index (χ1v) is 5.58. The van der Waals surface area contributed by atoms with E-state index in [0.29, 0.717) is 11.3 Å². The number of hydrogen-bond acceptors (Lipinski definition) is 3. The summed E-state index contributed by atoms with van der Waals surface area (Å²) < 4.78 is 0. The van der Waals surface area contributed by atoms with E-state index >= 15 is 0 Å². The quantitative estimate of drug-likeness (QED) is 0.831. The van der Waals surface area contributed by atoms with Gasteiger partial charge in [0.15, 0.2) is 0 Å². The lowest BCUT2D eigenvalue weighted by atomic mass is 9.95. The van der Waals surface area contributed by atoms with E-state index in [4.69, 9.17) is 5.26 Å². The van der Waals surface area contributed by atoms with Gasteiger partial charge in [-0.1, -0.05) is 12.1 Å². The van der Waals surface area contributed by atoms with Crippen LogP contribution in [0.2, 0.25) is 0 Å². The fourth-order valence-electron chi connectivity index (χ4n) is 1.96. The molecule has 0 radical (unpaired) electrons. The Hall–Kier alpha value is -2.02. The van der Waals surface area contributed by atoms with Gasteiger partial charge in [0.2, 0.25) is 0 Å². The van der Waals surface area contributed by atoms with E-state index in [1.54, 1.807) is 31.2 Å². The van der Waals surface area contributed by atoms with Crippen LogP contribution in [0.25, 0.3) is 0 Å². The maximum Gasteiger partial charge on any atom is 0.329 e. The largest absolute Gasteiger partial charge is 0.480 e. The highest BCUT2D eigenvalue weighted by atomic mass is 16.4. The number of carboxylic acid groups (broad SMARTS) is 1. The van der Waals surface area contributed by atoms with E-state index in [1.165, 1.54) is 0 Å². The van der Waals surface area contributed by atoms with Crippen LogP contribution in [0, 0.1) is 17.2 Å². The number of carboxylic acids is 1. The van der Waals surface area contributed by atoms with Crippen LogP contribution in [0.3, 0.4) is 0 Å². The molecule has 17 heavy (non-hydrogen) atoms. The molecule has 0 saturated heterocycles. The van der Waals surface area contributed by atoms with Crippen molar-refractivity contribution in [3.63, 3.8) is 0 Å². The number of benzene rings is 1. The minimum atomic E-state index is -0.979. The number of rotatable bonds is 4. The first-order valence-electron chi connectivity index (χ1n) is 5.58. The summed E-state index contributed by atoms with van der Waals surface area (Å²) in [5.74, 6) is -0.723. The molecular weight excluding hydrogens is 216 g/mol. The van der Waals surface area contributed by atoms with Crippen molar-refractivity contribution in [3.05, 3.63) is 29.8 Å². The molecule has 1 aromatic carbocycles. The summed E-state index contributed by atoms with van der Waals surface area (Å²) >= 11 is 0. The van der Waals surface area contributed by atoms with Crippen molar-refractivity contribution in [1.29, 1.82) is 5.26 Å². The van der Waals surface area contributed by atoms with Crippen molar-refractivity contribution in [2.24, 2.45) is 5.92 Å². The number of nitriles is 1. The molecule has 0 bridgehead atoms. The second-order valence-corrected chi connectivity index (χ2v) is 4.56. The van der Waals surface area contributed by atoms with Gasteiger partial charge < -0.3 is 10.4 Å². The summed E-state index contributed by atoms with van der Waals surface area (Å²) in [6.07, 6.45) is 1.84. The lowest BCUT2D eigenvalue weighted by Gasteiger charge is -2.27. The standard InChI is InChI=1S/C13H14N2O2/c1-13(12(16)17,10-6-7-10)15-11-5-3-2-4-9(11)8-14/h2-5,10,15H,6-7H2,1H3,(H,16,17). The molecule has 0 heterocycles. The SMILES string of the molecule is CC(Nc1ccccc1C#N)(C(=O)O)C1CC1. The van der Waals surface area contributed by atoms with Gasteiger partial charge in [0, 0.05) is 0 Å². The van der Waals surface area contributed by atoms with Crippen LogP contribution in [0.5, 0.6) is 0 Å². The molecule has 0 spiro atoms. The molecular formula is C13H14N2O2. The lowest BCUT2D eigenvalue weighted by Crippen LogP contribution is -2.45. The number of carbonyl (C=O) groups is 1. The Bertz CT molecular complexity index is 488. The van der Waals surface area contributed by atoms with Crippen molar-refractivity contribution in [1.82, 2.24) is 0 Å². The molecule has 1 aliphatic rings. The third-order valence-corrected chi connectivity index (χ3v) is 3.28. The summed E-state index contributed by atoms with van der Waals surface area (Å²) in [6.45, 7) is 1.68. The number of nitrogens with one attached hydrogen (secondary N) is 1. The van der Waals surface area contributed by atoms with Crippen LogP contribution < -0.4 is 5.32 Å². The molecule has 0 aliphatic heterocycles. The predicted molar refractivity (Wildman–Crippen MR) is 63.5 cm³/mol. The zero-order valence-corrected chi connectivity index (χ0v) is 9.60. The number of hydrogen-bond donors (Lipinski definition) is 2. The fraction of sp³-hybridized carbons (Fsp3) is 0.385. The van der Waals surface area contributed by atoms with Crippen molar-refractivity contribution >= 4 is 11.7 Å². The normalized spacial score (nSPS) is 17.9. The fourth-order valence-corrected chi connectivity index (χ4v) is 1.96. The maximum absolute atomic E-state index is 11.4. The predicted octanol–water partition coefficient (Wildman–Crippen LogP) is 2.22. The Morgan fingerprint density at radius 2 is 2.18 bits per heavy atom. The number of nitrogens with zero attached hydrogens (tertiary/aromatic N) is 1. The Balaban J connectivity index is 2.30. The van der Waals surface area contributed by atoms with E-state index < -0.39 is 11.5 Å².